The first-order valence-electron chi connectivity index (χ1n) is 6.17. The van der Waals surface area contributed by atoms with E-state index in [0.29, 0.717) is 13.1 Å². The number of nitrogens with one attached hydrogen (secondary N) is 3. The quantitative estimate of drug-likeness (QED) is 0.698. The van der Waals surface area contributed by atoms with Crippen LogP contribution in [0.3, 0.4) is 0 Å². The van der Waals surface area contributed by atoms with Crippen molar-refractivity contribution in [3.05, 3.63) is 35.9 Å². The molecule has 0 unspecified atom stereocenters. The van der Waals surface area contributed by atoms with Crippen molar-refractivity contribution in [2.75, 3.05) is 13.1 Å². The van der Waals surface area contributed by atoms with Gasteiger partial charge >= 0.3 is 0 Å². The van der Waals surface area contributed by atoms with Crippen LogP contribution in [0, 0.1) is 0 Å². The number of rotatable bonds is 6. The van der Waals surface area contributed by atoms with E-state index < -0.39 is 10.2 Å². The first-order valence-corrected chi connectivity index (χ1v) is 7.65. The summed E-state index contributed by atoms with van der Waals surface area (Å²) >= 11 is 0. The molecule has 1 atom stereocenters. The minimum Gasteiger partial charge on any atom is -0.313 e. The minimum absolute atomic E-state index is 0.262. The van der Waals surface area contributed by atoms with Crippen LogP contribution in [0.5, 0.6) is 0 Å². The average Bonchev–Trinajstić information content (AvgIpc) is 2.89. The van der Waals surface area contributed by atoms with Gasteiger partial charge < -0.3 is 5.32 Å². The van der Waals surface area contributed by atoms with Crippen molar-refractivity contribution < 1.29 is 8.42 Å². The molecule has 1 saturated heterocycles. The standard InChI is InChI=1S/C12H19N3O2S/c16-18(17,15-10-12-7-4-8-13-12)14-9-11-5-2-1-3-6-11/h1-3,5-6,12-15H,4,7-10H2/t12-/m0/s1. The highest BCUT2D eigenvalue weighted by Gasteiger charge is 2.17. The van der Waals surface area contributed by atoms with Crippen LogP contribution in [0.15, 0.2) is 30.3 Å². The second-order valence-electron chi connectivity index (χ2n) is 4.45. The molecular formula is C12H19N3O2S. The monoisotopic (exact) mass is 269 g/mol. The van der Waals surface area contributed by atoms with Crippen molar-refractivity contribution in [1.29, 1.82) is 0 Å². The van der Waals surface area contributed by atoms with Gasteiger partial charge in [-0.15, -0.1) is 0 Å². The minimum atomic E-state index is -3.41. The fraction of sp³-hybridized carbons (Fsp3) is 0.500. The molecule has 5 nitrogen and oxygen atoms in total. The second kappa shape index (κ2) is 6.29. The molecule has 2 rings (SSSR count). The van der Waals surface area contributed by atoms with Gasteiger partial charge in [0, 0.05) is 19.1 Å². The van der Waals surface area contributed by atoms with E-state index in [1.165, 1.54) is 0 Å². The molecule has 0 saturated carbocycles. The lowest BCUT2D eigenvalue weighted by Crippen LogP contribution is -2.42. The molecule has 0 spiro atoms. The van der Waals surface area contributed by atoms with Crippen molar-refractivity contribution in [2.24, 2.45) is 0 Å². The van der Waals surface area contributed by atoms with Gasteiger partial charge in [-0.1, -0.05) is 30.3 Å². The third kappa shape index (κ3) is 4.38. The van der Waals surface area contributed by atoms with E-state index in [1.54, 1.807) is 0 Å². The van der Waals surface area contributed by atoms with Crippen LogP contribution in [0.2, 0.25) is 0 Å². The zero-order chi connectivity index (χ0) is 12.8. The Morgan fingerprint density at radius 3 is 2.67 bits per heavy atom. The first kappa shape index (κ1) is 13.5. The molecule has 0 radical (unpaired) electrons. The Morgan fingerprint density at radius 1 is 1.22 bits per heavy atom. The highest BCUT2D eigenvalue weighted by molar-refractivity contribution is 7.87. The molecule has 18 heavy (non-hydrogen) atoms. The van der Waals surface area contributed by atoms with E-state index in [2.05, 4.69) is 14.8 Å². The summed E-state index contributed by atoms with van der Waals surface area (Å²) in [5.74, 6) is 0. The molecule has 1 aromatic rings. The molecule has 1 fully saturated rings. The normalized spacial score (nSPS) is 20.1. The van der Waals surface area contributed by atoms with Gasteiger partial charge in [0.05, 0.1) is 0 Å². The van der Waals surface area contributed by atoms with Crippen LogP contribution >= 0.6 is 0 Å². The summed E-state index contributed by atoms with van der Waals surface area (Å²) in [5, 5.41) is 3.25. The summed E-state index contributed by atoms with van der Waals surface area (Å²) in [6, 6.07) is 9.72. The van der Waals surface area contributed by atoms with E-state index in [0.717, 1.165) is 24.9 Å². The summed E-state index contributed by atoms with van der Waals surface area (Å²) in [7, 11) is -3.41. The highest BCUT2D eigenvalue weighted by atomic mass is 32.2. The summed E-state index contributed by atoms with van der Waals surface area (Å²) < 4.78 is 28.5. The Balaban J connectivity index is 1.76. The van der Waals surface area contributed by atoms with Crippen LogP contribution in [0.25, 0.3) is 0 Å². The summed E-state index contributed by atoms with van der Waals surface area (Å²) in [4.78, 5) is 0. The third-order valence-electron chi connectivity index (χ3n) is 2.99. The van der Waals surface area contributed by atoms with Crippen molar-refractivity contribution in [2.45, 2.75) is 25.4 Å². The maximum atomic E-state index is 11.7. The fourth-order valence-corrected chi connectivity index (χ4v) is 2.85. The van der Waals surface area contributed by atoms with Crippen LogP contribution in [-0.2, 0) is 16.8 Å². The number of hydrogen-bond acceptors (Lipinski definition) is 3. The molecule has 0 amide bonds. The van der Waals surface area contributed by atoms with Gasteiger partial charge in [0.25, 0.3) is 10.2 Å². The van der Waals surface area contributed by atoms with Gasteiger partial charge in [0.2, 0.25) is 0 Å². The van der Waals surface area contributed by atoms with Gasteiger partial charge in [-0.3, -0.25) is 0 Å². The van der Waals surface area contributed by atoms with Gasteiger partial charge in [-0.05, 0) is 24.9 Å². The predicted molar refractivity (Wildman–Crippen MR) is 71.2 cm³/mol. The molecule has 0 aromatic heterocycles. The van der Waals surface area contributed by atoms with Crippen LogP contribution in [-0.4, -0.2) is 27.5 Å². The maximum absolute atomic E-state index is 11.7. The molecule has 0 bridgehead atoms. The zero-order valence-electron chi connectivity index (χ0n) is 10.2. The molecular weight excluding hydrogens is 250 g/mol. The van der Waals surface area contributed by atoms with E-state index in [-0.39, 0.29) is 6.04 Å². The largest absolute Gasteiger partial charge is 0.313 e. The molecule has 0 aliphatic carbocycles. The Hall–Kier alpha value is -0.950. The van der Waals surface area contributed by atoms with E-state index >= 15 is 0 Å². The van der Waals surface area contributed by atoms with Gasteiger partial charge in [0.1, 0.15) is 0 Å². The lowest BCUT2D eigenvalue weighted by Gasteiger charge is -2.12. The Bertz CT molecular complexity index is 455. The second-order valence-corrected chi connectivity index (χ2v) is 6.04. The summed E-state index contributed by atoms with van der Waals surface area (Å²) in [6.07, 6.45) is 2.14. The van der Waals surface area contributed by atoms with Crippen molar-refractivity contribution >= 4 is 10.2 Å². The third-order valence-corrected chi connectivity index (χ3v) is 4.06. The van der Waals surface area contributed by atoms with E-state index in [1.807, 2.05) is 30.3 Å². The first-order chi connectivity index (χ1) is 8.66. The predicted octanol–water partition coefficient (Wildman–Crippen LogP) is 0.363. The van der Waals surface area contributed by atoms with Crippen LogP contribution < -0.4 is 14.8 Å². The van der Waals surface area contributed by atoms with Crippen molar-refractivity contribution in [1.82, 2.24) is 14.8 Å². The molecule has 100 valence electrons. The molecule has 3 N–H and O–H groups in total. The molecule has 1 aliphatic heterocycles. The van der Waals surface area contributed by atoms with Crippen LogP contribution in [0.1, 0.15) is 18.4 Å². The topological polar surface area (TPSA) is 70.2 Å². The number of benzene rings is 1. The molecule has 1 aromatic carbocycles. The summed E-state index contributed by atoms with van der Waals surface area (Å²) in [5.41, 5.74) is 0.946. The average molecular weight is 269 g/mol. The maximum Gasteiger partial charge on any atom is 0.277 e. The van der Waals surface area contributed by atoms with Gasteiger partial charge in [-0.25, -0.2) is 4.72 Å². The van der Waals surface area contributed by atoms with Gasteiger partial charge in [0.15, 0.2) is 0 Å². The lowest BCUT2D eigenvalue weighted by atomic mass is 10.2. The highest BCUT2D eigenvalue weighted by Crippen LogP contribution is 2.03. The van der Waals surface area contributed by atoms with Gasteiger partial charge in [-0.2, -0.15) is 13.1 Å². The van der Waals surface area contributed by atoms with Crippen molar-refractivity contribution in [3.63, 3.8) is 0 Å². The fourth-order valence-electron chi connectivity index (χ4n) is 1.97. The van der Waals surface area contributed by atoms with Crippen LogP contribution in [0.4, 0.5) is 0 Å². The zero-order valence-corrected chi connectivity index (χ0v) is 11.0. The Kier molecular flexibility index (Phi) is 4.71. The summed E-state index contributed by atoms with van der Waals surface area (Å²) in [6.45, 7) is 1.74. The van der Waals surface area contributed by atoms with Crippen molar-refractivity contribution in [3.8, 4) is 0 Å². The molecule has 1 aliphatic rings. The smallest absolute Gasteiger partial charge is 0.277 e. The van der Waals surface area contributed by atoms with E-state index in [9.17, 15) is 8.42 Å². The lowest BCUT2D eigenvalue weighted by molar-refractivity contribution is 0.541. The molecule has 1 heterocycles. The SMILES string of the molecule is O=S(=O)(NCc1ccccc1)NC[C@@H]1CCCN1. The Morgan fingerprint density at radius 2 is 2.00 bits per heavy atom. The van der Waals surface area contributed by atoms with E-state index in [4.69, 9.17) is 0 Å². The Labute approximate surface area is 108 Å². The molecule has 6 heteroatoms. The number of hydrogen-bond donors (Lipinski definition) is 3.